The summed E-state index contributed by atoms with van der Waals surface area (Å²) in [6.07, 6.45) is 4.62. The Hall–Kier alpha value is -2.89. The molecule has 4 rings (SSSR count). The summed E-state index contributed by atoms with van der Waals surface area (Å²) < 4.78 is 14.9. The number of anilines is 1. The van der Waals surface area contributed by atoms with Crippen LogP contribution in [-0.4, -0.2) is 80.3 Å². The van der Waals surface area contributed by atoms with E-state index < -0.39 is 11.0 Å². The van der Waals surface area contributed by atoms with Crippen LogP contribution in [0, 0.1) is 0 Å². The van der Waals surface area contributed by atoms with Crippen LogP contribution in [0.3, 0.4) is 0 Å². The second-order valence-corrected chi connectivity index (χ2v) is 10.3. The third-order valence-corrected chi connectivity index (χ3v) is 7.08. The number of benzene rings is 1. The number of carbonyl (C=O) groups is 2. The first kappa shape index (κ1) is 25.2. The molecule has 188 valence electrons. The molecule has 3 heterocycles. The Kier molecular flexibility index (Phi) is 8.42. The highest BCUT2D eigenvalue weighted by atomic mass is 32.2. The van der Waals surface area contributed by atoms with Gasteiger partial charge < -0.3 is 15.5 Å². The quantitative estimate of drug-likeness (QED) is 0.469. The van der Waals surface area contributed by atoms with Crippen LogP contribution in [0.4, 0.5) is 5.82 Å². The van der Waals surface area contributed by atoms with E-state index in [1.54, 1.807) is 19.2 Å². The van der Waals surface area contributed by atoms with Crippen LogP contribution >= 0.6 is 0 Å². The highest BCUT2D eigenvalue weighted by Crippen LogP contribution is 2.22. The molecule has 2 atom stereocenters. The lowest BCUT2D eigenvalue weighted by molar-refractivity contribution is -0.129. The molecule has 1 aromatic carbocycles. The van der Waals surface area contributed by atoms with E-state index in [0.717, 1.165) is 25.9 Å². The summed E-state index contributed by atoms with van der Waals surface area (Å²) in [5, 5.41) is 6.28. The monoisotopic (exact) mass is 499 g/mol. The zero-order valence-corrected chi connectivity index (χ0v) is 21.0. The number of nitrogens with one attached hydrogen (secondary N) is 3. The zero-order chi connectivity index (χ0) is 24.8. The van der Waals surface area contributed by atoms with E-state index in [0.29, 0.717) is 32.0 Å². The molecule has 3 N–H and O–H groups in total. The molecule has 2 unspecified atom stereocenters. The first-order valence-corrected chi connectivity index (χ1v) is 13.4. The fourth-order valence-electron chi connectivity index (χ4n) is 4.64. The van der Waals surface area contributed by atoms with Crippen molar-refractivity contribution in [3.63, 3.8) is 0 Å². The third-order valence-electron chi connectivity index (χ3n) is 6.42. The van der Waals surface area contributed by atoms with Crippen molar-refractivity contribution in [3.05, 3.63) is 53.5 Å². The minimum absolute atomic E-state index is 0.0958. The van der Waals surface area contributed by atoms with Gasteiger partial charge in [0, 0.05) is 70.6 Å². The van der Waals surface area contributed by atoms with E-state index in [-0.39, 0.29) is 29.6 Å². The van der Waals surface area contributed by atoms with Crippen molar-refractivity contribution in [3.8, 4) is 0 Å². The highest BCUT2D eigenvalue weighted by molar-refractivity contribution is 7.82. The molecule has 0 radical (unpaired) electrons. The summed E-state index contributed by atoms with van der Waals surface area (Å²) in [5.74, 6) is 0.379. The number of nitrogens with zero attached hydrogens (tertiary/aromatic N) is 4. The number of aromatic nitrogens is 2. The summed E-state index contributed by atoms with van der Waals surface area (Å²) in [4.78, 5) is 36.8. The molecule has 0 bridgehead atoms. The topological polar surface area (TPSA) is 120 Å². The normalized spacial score (nSPS) is 18.1. The minimum Gasteiger partial charge on any atom is -0.367 e. The predicted molar refractivity (Wildman–Crippen MR) is 135 cm³/mol. The van der Waals surface area contributed by atoms with Crippen molar-refractivity contribution in [1.82, 2.24) is 29.8 Å². The molecule has 35 heavy (non-hydrogen) atoms. The van der Waals surface area contributed by atoms with E-state index in [1.165, 1.54) is 17.5 Å². The number of amides is 2. The van der Waals surface area contributed by atoms with Crippen LogP contribution in [0.1, 0.15) is 41.4 Å². The van der Waals surface area contributed by atoms with Gasteiger partial charge in [0.25, 0.3) is 5.91 Å². The van der Waals surface area contributed by atoms with Crippen molar-refractivity contribution in [2.24, 2.45) is 0 Å². The maximum Gasteiger partial charge on any atom is 0.270 e. The van der Waals surface area contributed by atoms with Crippen molar-refractivity contribution in [1.29, 1.82) is 0 Å². The molecule has 2 aromatic rings. The average Bonchev–Trinajstić information content (AvgIpc) is 3.25. The van der Waals surface area contributed by atoms with E-state index in [1.807, 2.05) is 17.0 Å². The number of carbonyl (C=O) groups excluding carboxylic acids is 2. The maximum atomic E-state index is 12.8. The van der Waals surface area contributed by atoms with E-state index in [2.05, 4.69) is 42.4 Å². The van der Waals surface area contributed by atoms with Gasteiger partial charge >= 0.3 is 0 Å². The molecule has 0 spiro atoms. The molecule has 1 fully saturated rings. The van der Waals surface area contributed by atoms with Crippen LogP contribution in [-0.2, 0) is 28.9 Å². The molecule has 0 aliphatic carbocycles. The molecule has 0 saturated carbocycles. The van der Waals surface area contributed by atoms with Crippen LogP contribution < -0.4 is 15.4 Å². The smallest absolute Gasteiger partial charge is 0.270 e. The number of hydrogen-bond acceptors (Lipinski definition) is 7. The highest BCUT2D eigenvalue weighted by Gasteiger charge is 2.24. The summed E-state index contributed by atoms with van der Waals surface area (Å²) in [7, 11) is -1.21. The summed E-state index contributed by atoms with van der Waals surface area (Å²) in [5.41, 5.74) is 2.88. The van der Waals surface area contributed by atoms with Gasteiger partial charge in [-0.1, -0.05) is 24.3 Å². The number of rotatable bonds is 9. The average molecular weight is 500 g/mol. The predicted octanol–water partition coefficient (Wildman–Crippen LogP) is 0.897. The van der Waals surface area contributed by atoms with Crippen molar-refractivity contribution >= 4 is 28.6 Å². The lowest BCUT2D eigenvalue weighted by atomic mass is 10.1. The summed E-state index contributed by atoms with van der Waals surface area (Å²) >= 11 is 0. The number of fused-ring (bicyclic) bond motifs is 1. The van der Waals surface area contributed by atoms with E-state index in [9.17, 15) is 13.8 Å². The number of likely N-dealkylation sites (tertiary alicyclic amines) is 1. The van der Waals surface area contributed by atoms with Crippen molar-refractivity contribution < 1.29 is 13.8 Å². The fraction of sp³-hybridized carbons (Fsp3) is 0.500. The molecule has 11 heteroatoms. The Labute approximate surface area is 208 Å². The summed E-state index contributed by atoms with van der Waals surface area (Å²) in [6, 6.07) is 10.00. The Morgan fingerprint density at radius 2 is 1.83 bits per heavy atom. The third kappa shape index (κ3) is 7.06. The SMILES string of the molecule is CC(=O)N1CCC(Nc2cc(C(=O)NCC(CN3Cc4ccccc4C3)NS(C)=O)ncn2)CC1. The molecular weight excluding hydrogens is 466 g/mol. The number of hydrogen-bond donors (Lipinski definition) is 3. The Bertz CT molecular complexity index is 1050. The van der Waals surface area contributed by atoms with Gasteiger partial charge in [0.1, 0.15) is 17.8 Å². The molecule has 2 aliphatic heterocycles. The largest absolute Gasteiger partial charge is 0.367 e. The number of piperidine rings is 1. The fourth-order valence-corrected chi connectivity index (χ4v) is 5.26. The lowest BCUT2D eigenvalue weighted by Gasteiger charge is -2.31. The zero-order valence-electron chi connectivity index (χ0n) is 20.2. The van der Waals surface area contributed by atoms with Crippen LogP contribution in [0.25, 0.3) is 0 Å². The van der Waals surface area contributed by atoms with Gasteiger partial charge in [0.05, 0.1) is 11.0 Å². The van der Waals surface area contributed by atoms with E-state index in [4.69, 9.17) is 0 Å². The summed E-state index contributed by atoms with van der Waals surface area (Å²) in [6.45, 7) is 5.66. The van der Waals surface area contributed by atoms with Crippen molar-refractivity contribution in [2.75, 3.05) is 37.8 Å². The van der Waals surface area contributed by atoms with Crippen molar-refractivity contribution in [2.45, 2.75) is 44.9 Å². The van der Waals surface area contributed by atoms with Gasteiger partial charge in [-0.2, -0.15) is 0 Å². The standard InChI is InChI=1S/C24H33N7O3S/c1-17(32)31-9-7-20(8-10-31)28-23-11-22(26-16-27-23)24(33)25-12-21(29-35(2)34)15-30-13-18-5-3-4-6-19(18)14-30/h3-6,11,16,20-21,29H,7-10,12-15H2,1-2H3,(H,25,33)(H,26,27,28). The second-order valence-electron chi connectivity index (χ2n) is 9.13. The van der Waals surface area contributed by atoms with Gasteiger partial charge in [-0.25, -0.2) is 18.9 Å². The molecule has 10 nitrogen and oxygen atoms in total. The molecule has 1 saturated heterocycles. The van der Waals surface area contributed by atoms with Gasteiger partial charge in [-0.15, -0.1) is 0 Å². The first-order chi connectivity index (χ1) is 16.9. The van der Waals surface area contributed by atoms with Crippen LogP contribution in [0.2, 0.25) is 0 Å². The molecule has 2 aliphatic rings. The molecular formula is C24H33N7O3S. The molecule has 1 aromatic heterocycles. The Morgan fingerprint density at radius 3 is 2.46 bits per heavy atom. The van der Waals surface area contributed by atoms with Gasteiger partial charge in [0.2, 0.25) is 5.91 Å². The van der Waals surface area contributed by atoms with E-state index >= 15 is 0 Å². The lowest BCUT2D eigenvalue weighted by Crippen LogP contribution is -2.47. The van der Waals surface area contributed by atoms with Gasteiger partial charge in [-0.3, -0.25) is 14.5 Å². The Balaban J connectivity index is 1.30. The maximum absolute atomic E-state index is 12.8. The first-order valence-electron chi connectivity index (χ1n) is 11.9. The van der Waals surface area contributed by atoms with Crippen LogP contribution in [0.15, 0.2) is 36.7 Å². The van der Waals surface area contributed by atoms with Gasteiger partial charge in [0.15, 0.2) is 0 Å². The second kappa shape index (κ2) is 11.7. The van der Waals surface area contributed by atoms with Gasteiger partial charge in [-0.05, 0) is 24.0 Å². The Morgan fingerprint density at radius 1 is 1.14 bits per heavy atom. The van der Waals surface area contributed by atoms with Crippen LogP contribution in [0.5, 0.6) is 0 Å². The minimum atomic E-state index is -1.21. The molecule has 2 amide bonds.